The Labute approximate surface area is 131 Å². The van der Waals surface area contributed by atoms with E-state index in [1.54, 1.807) is 0 Å². The first-order chi connectivity index (χ1) is 10.8. The van der Waals surface area contributed by atoms with E-state index in [0.29, 0.717) is 6.42 Å². The fourth-order valence-electron chi connectivity index (χ4n) is 2.64. The molecule has 0 spiro atoms. The minimum atomic E-state index is 0.183. The van der Waals surface area contributed by atoms with Crippen LogP contribution in [0.15, 0.2) is 78.9 Å². The normalized spacial score (nSPS) is 10.4. The number of hydrogen-bond donors (Lipinski definition) is 0. The third-order valence-corrected chi connectivity index (χ3v) is 3.85. The molecule has 0 saturated heterocycles. The summed E-state index contributed by atoms with van der Waals surface area (Å²) in [5, 5.41) is 0. The Kier molecular flexibility index (Phi) is 4.15. The van der Waals surface area contributed by atoms with Crippen LogP contribution in [0, 0.1) is 0 Å². The van der Waals surface area contributed by atoms with Crippen molar-refractivity contribution in [3.8, 4) is 22.3 Å². The van der Waals surface area contributed by atoms with E-state index in [9.17, 15) is 4.79 Å². The van der Waals surface area contributed by atoms with E-state index >= 15 is 0 Å². The van der Waals surface area contributed by atoms with Crippen LogP contribution in [0.3, 0.4) is 0 Å². The van der Waals surface area contributed by atoms with E-state index in [-0.39, 0.29) is 5.78 Å². The van der Waals surface area contributed by atoms with Crippen LogP contribution in [0.2, 0.25) is 0 Å². The maximum Gasteiger partial charge on any atom is 0.163 e. The van der Waals surface area contributed by atoms with Crippen molar-refractivity contribution in [2.24, 2.45) is 0 Å². The third-order valence-electron chi connectivity index (χ3n) is 3.85. The van der Waals surface area contributed by atoms with Crippen molar-refractivity contribution in [3.63, 3.8) is 0 Å². The van der Waals surface area contributed by atoms with Gasteiger partial charge < -0.3 is 0 Å². The summed E-state index contributed by atoms with van der Waals surface area (Å²) in [4.78, 5) is 12.1. The summed E-state index contributed by atoms with van der Waals surface area (Å²) in [6.45, 7) is 1.90. The molecule has 22 heavy (non-hydrogen) atoms. The molecule has 108 valence electrons. The Morgan fingerprint density at radius 1 is 0.682 bits per heavy atom. The maximum absolute atomic E-state index is 12.1. The molecule has 0 aliphatic heterocycles. The van der Waals surface area contributed by atoms with Crippen LogP contribution < -0.4 is 0 Å². The lowest BCUT2D eigenvalue weighted by Gasteiger charge is -2.09. The van der Waals surface area contributed by atoms with Crippen molar-refractivity contribution in [3.05, 3.63) is 84.4 Å². The minimum Gasteiger partial charge on any atom is -0.294 e. The largest absolute Gasteiger partial charge is 0.294 e. The second-order valence-electron chi connectivity index (χ2n) is 5.27. The quantitative estimate of drug-likeness (QED) is 0.569. The molecule has 0 radical (unpaired) electrons. The van der Waals surface area contributed by atoms with E-state index in [1.165, 1.54) is 11.1 Å². The van der Waals surface area contributed by atoms with Gasteiger partial charge >= 0.3 is 0 Å². The van der Waals surface area contributed by atoms with Crippen molar-refractivity contribution in [1.82, 2.24) is 0 Å². The number of Topliss-reactive ketones (excluding diaryl/α,β-unsaturated/α-hetero) is 1. The Bertz CT molecular complexity index is 771. The highest BCUT2D eigenvalue weighted by Gasteiger charge is 2.10. The molecule has 3 aromatic rings. The molecule has 0 atom stereocenters. The SMILES string of the molecule is CCC(=O)c1ccccc1-c1ccc(-c2ccccc2)cc1. The molecule has 3 aromatic carbocycles. The van der Waals surface area contributed by atoms with Crippen molar-refractivity contribution < 1.29 is 4.79 Å². The van der Waals surface area contributed by atoms with Crippen molar-refractivity contribution in [2.45, 2.75) is 13.3 Å². The zero-order valence-corrected chi connectivity index (χ0v) is 12.6. The van der Waals surface area contributed by atoms with E-state index < -0.39 is 0 Å². The number of carbonyl (C=O) groups excluding carboxylic acids is 1. The molecule has 0 amide bonds. The summed E-state index contributed by atoms with van der Waals surface area (Å²) in [5.74, 6) is 0.183. The van der Waals surface area contributed by atoms with Gasteiger partial charge in [-0.2, -0.15) is 0 Å². The van der Waals surface area contributed by atoms with Gasteiger partial charge in [-0.05, 0) is 22.3 Å². The number of ketones is 1. The van der Waals surface area contributed by atoms with Crippen LogP contribution in [0.25, 0.3) is 22.3 Å². The summed E-state index contributed by atoms with van der Waals surface area (Å²) < 4.78 is 0. The van der Waals surface area contributed by atoms with Gasteiger partial charge in [-0.1, -0.05) is 85.8 Å². The van der Waals surface area contributed by atoms with Gasteiger partial charge in [0, 0.05) is 12.0 Å². The zero-order chi connectivity index (χ0) is 15.4. The van der Waals surface area contributed by atoms with Gasteiger partial charge in [0.2, 0.25) is 0 Å². The fourth-order valence-corrected chi connectivity index (χ4v) is 2.64. The Hall–Kier alpha value is -2.67. The molecule has 0 aliphatic carbocycles. The van der Waals surface area contributed by atoms with Gasteiger partial charge in [0.05, 0.1) is 0 Å². The molecule has 0 bridgehead atoms. The average Bonchev–Trinajstić information content (AvgIpc) is 2.62. The Morgan fingerprint density at radius 3 is 1.91 bits per heavy atom. The standard InChI is InChI=1S/C21H18O/c1-2-21(22)20-11-7-6-10-19(20)18-14-12-17(13-15-18)16-8-4-3-5-9-16/h3-15H,2H2,1H3. The highest BCUT2D eigenvalue weighted by atomic mass is 16.1. The molecule has 3 rings (SSSR count). The highest BCUT2D eigenvalue weighted by Crippen LogP contribution is 2.27. The predicted octanol–water partition coefficient (Wildman–Crippen LogP) is 5.61. The third kappa shape index (κ3) is 2.84. The van der Waals surface area contributed by atoms with Gasteiger partial charge in [0.1, 0.15) is 0 Å². The molecule has 0 fully saturated rings. The number of carbonyl (C=O) groups is 1. The smallest absolute Gasteiger partial charge is 0.163 e. The summed E-state index contributed by atoms with van der Waals surface area (Å²) in [7, 11) is 0. The average molecular weight is 286 g/mol. The first-order valence-electron chi connectivity index (χ1n) is 7.57. The molecule has 0 N–H and O–H groups in total. The Morgan fingerprint density at radius 2 is 1.23 bits per heavy atom. The van der Waals surface area contributed by atoms with E-state index in [1.807, 2.05) is 49.4 Å². The van der Waals surface area contributed by atoms with Crippen LogP contribution >= 0.6 is 0 Å². The van der Waals surface area contributed by atoms with Crippen molar-refractivity contribution in [1.29, 1.82) is 0 Å². The second kappa shape index (κ2) is 6.40. The van der Waals surface area contributed by atoms with Crippen LogP contribution in [-0.2, 0) is 0 Å². The van der Waals surface area contributed by atoms with Crippen molar-refractivity contribution in [2.75, 3.05) is 0 Å². The predicted molar refractivity (Wildman–Crippen MR) is 91.9 cm³/mol. The second-order valence-corrected chi connectivity index (χ2v) is 5.27. The van der Waals surface area contributed by atoms with Gasteiger partial charge in [-0.15, -0.1) is 0 Å². The first kappa shape index (κ1) is 14.3. The van der Waals surface area contributed by atoms with Crippen LogP contribution in [0.5, 0.6) is 0 Å². The first-order valence-corrected chi connectivity index (χ1v) is 7.57. The van der Waals surface area contributed by atoms with E-state index in [2.05, 4.69) is 36.4 Å². The van der Waals surface area contributed by atoms with Gasteiger partial charge in [-0.25, -0.2) is 0 Å². The topological polar surface area (TPSA) is 17.1 Å². The monoisotopic (exact) mass is 286 g/mol. The lowest BCUT2D eigenvalue weighted by molar-refractivity contribution is 0.0989. The van der Waals surface area contributed by atoms with Crippen LogP contribution in [0.1, 0.15) is 23.7 Å². The summed E-state index contributed by atoms with van der Waals surface area (Å²) >= 11 is 0. The summed E-state index contributed by atoms with van der Waals surface area (Å²) in [5.41, 5.74) is 5.28. The minimum absolute atomic E-state index is 0.183. The molecule has 1 heteroatoms. The molecule has 0 saturated carbocycles. The molecule has 0 aliphatic rings. The lowest BCUT2D eigenvalue weighted by atomic mass is 9.94. The van der Waals surface area contributed by atoms with Gasteiger partial charge in [0.25, 0.3) is 0 Å². The Balaban J connectivity index is 1.99. The highest BCUT2D eigenvalue weighted by molar-refractivity contribution is 6.02. The van der Waals surface area contributed by atoms with Crippen LogP contribution in [0.4, 0.5) is 0 Å². The number of rotatable bonds is 4. The van der Waals surface area contributed by atoms with Crippen molar-refractivity contribution >= 4 is 5.78 Å². The van der Waals surface area contributed by atoms with E-state index in [4.69, 9.17) is 0 Å². The fraction of sp³-hybridized carbons (Fsp3) is 0.0952. The molecule has 0 aromatic heterocycles. The summed E-state index contributed by atoms with van der Waals surface area (Å²) in [6.07, 6.45) is 0.527. The van der Waals surface area contributed by atoms with Crippen LogP contribution in [-0.4, -0.2) is 5.78 Å². The zero-order valence-electron chi connectivity index (χ0n) is 12.6. The molecular weight excluding hydrogens is 268 g/mol. The molecule has 1 nitrogen and oxygen atoms in total. The number of hydrogen-bond acceptors (Lipinski definition) is 1. The molecular formula is C21H18O. The molecule has 0 unspecified atom stereocenters. The maximum atomic E-state index is 12.1. The summed E-state index contributed by atoms with van der Waals surface area (Å²) in [6, 6.07) is 26.5. The lowest BCUT2D eigenvalue weighted by Crippen LogP contribution is -1.99. The van der Waals surface area contributed by atoms with Gasteiger partial charge in [0.15, 0.2) is 5.78 Å². The molecule has 0 heterocycles. The van der Waals surface area contributed by atoms with E-state index in [0.717, 1.165) is 16.7 Å². The van der Waals surface area contributed by atoms with Gasteiger partial charge in [-0.3, -0.25) is 4.79 Å². The number of benzene rings is 3.